The fourth-order valence-electron chi connectivity index (χ4n) is 13.2. The van der Waals surface area contributed by atoms with Crippen LogP contribution in [0.4, 0.5) is 0 Å². The van der Waals surface area contributed by atoms with Crippen molar-refractivity contribution in [2.24, 2.45) is 0 Å². The molecule has 0 N–H and O–H groups in total. The Morgan fingerprint density at radius 3 is 1.07 bits per heavy atom. The predicted molar refractivity (Wildman–Crippen MR) is 376 cm³/mol. The van der Waals surface area contributed by atoms with E-state index in [0.29, 0.717) is 17.5 Å². The van der Waals surface area contributed by atoms with Crippen LogP contribution < -0.4 is 0 Å². The van der Waals surface area contributed by atoms with Crippen molar-refractivity contribution in [1.82, 2.24) is 24.1 Å². The number of aromatic nitrogens is 5. The van der Waals surface area contributed by atoms with Gasteiger partial charge in [0.2, 0.25) is 0 Å². The summed E-state index contributed by atoms with van der Waals surface area (Å²) in [6.07, 6.45) is 0. The van der Waals surface area contributed by atoms with Gasteiger partial charge in [0.15, 0.2) is 17.5 Å². The van der Waals surface area contributed by atoms with Crippen LogP contribution in [0.5, 0.6) is 0 Å². The first-order valence-corrected chi connectivity index (χ1v) is 30.9. The van der Waals surface area contributed by atoms with Crippen LogP contribution in [0.3, 0.4) is 0 Å². The van der Waals surface area contributed by atoms with E-state index in [1.165, 1.54) is 27.1 Å². The molecule has 13 aromatic carbocycles. The van der Waals surface area contributed by atoms with Gasteiger partial charge in [-0.3, -0.25) is 0 Å². The maximum absolute atomic E-state index is 5.63. The number of hydrogen-bond acceptors (Lipinski definition) is 3. The lowest BCUT2D eigenvalue weighted by Gasteiger charge is -2.22. The van der Waals surface area contributed by atoms with Crippen molar-refractivity contribution in [2.45, 2.75) is 26.2 Å². The third kappa shape index (κ3) is 9.74. The Bertz CT molecular complexity index is 5170. The topological polar surface area (TPSA) is 48.5 Å². The molecular formula is C85H61N5. The Hall–Kier alpha value is -11.5. The highest BCUT2D eigenvalue weighted by Crippen LogP contribution is 2.48. The lowest BCUT2D eigenvalue weighted by molar-refractivity contribution is 0.591. The number of nitrogens with zero attached hydrogens (tertiary/aromatic N) is 5. The first kappa shape index (κ1) is 53.9. The third-order valence-corrected chi connectivity index (χ3v) is 17.7. The van der Waals surface area contributed by atoms with Crippen LogP contribution in [0.1, 0.15) is 26.3 Å². The SMILES string of the molecule is CC(C)(C)c1ccc2c(c1)c1cc(-c3ccccc3)c(-n3c4ccccc4c4ccccc43)cc1n2-c1c(-c2ccccc2)cc(-c2nc(-c3ccc(-c4ccccc4)cc3)nc(-c3cc(-c4ccccc4)cc(-c4ccccc4)c3)n2)cc1-c1ccccc1. The van der Waals surface area contributed by atoms with E-state index in [1.54, 1.807) is 0 Å². The summed E-state index contributed by atoms with van der Waals surface area (Å²) in [6, 6.07) is 114. The summed E-state index contributed by atoms with van der Waals surface area (Å²) in [6.45, 7) is 6.93. The second-order valence-corrected chi connectivity index (χ2v) is 24.4. The Morgan fingerprint density at radius 2 is 0.589 bits per heavy atom. The number of para-hydroxylation sites is 2. The summed E-state index contributed by atoms with van der Waals surface area (Å²) in [4.78, 5) is 16.6. The van der Waals surface area contributed by atoms with E-state index < -0.39 is 0 Å². The summed E-state index contributed by atoms with van der Waals surface area (Å²) in [5, 5.41) is 4.78. The van der Waals surface area contributed by atoms with Gasteiger partial charge in [-0.15, -0.1) is 0 Å². The molecule has 3 heterocycles. The minimum atomic E-state index is -0.113. The lowest BCUT2D eigenvalue weighted by atomic mass is 9.86. The van der Waals surface area contributed by atoms with Gasteiger partial charge in [-0.2, -0.15) is 0 Å². The van der Waals surface area contributed by atoms with Crippen LogP contribution in [0.25, 0.3) is 156 Å². The maximum atomic E-state index is 5.63. The smallest absolute Gasteiger partial charge is 0.164 e. The molecule has 0 saturated heterocycles. The summed E-state index contributed by atoms with van der Waals surface area (Å²) < 4.78 is 5.04. The Kier molecular flexibility index (Phi) is 13.4. The molecule has 0 fully saturated rings. The lowest BCUT2D eigenvalue weighted by Crippen LogP contribution is -2.10. The quantitative estimate of drug-likeness (QED) is 0.130. The monoisotopic (exact) mass is 1150 g/mol. The van der Waals surface area contributed by atoms with Crippen molar-refractivity contribution in [3.05, 3.63) is 321 Å². The molecule has 0 unspecified atom stereocenters. The van der Waals surface area contributed by atoms with Crippen molar-refractivity contribution < 1.29 is 0 Å². The average molecular weight is 1150 g/mol. The molecule has 0 bridgehead atoms. The molecule has 5 nitrogen and oxygen atoms in total. The molecule has 0 aliphatic heterocycles. The largest absolute Gasteiger partial charge is 0.309 e. The highest BCUT2D eigenvalue weighted by atomic mass is 15.0. The minimum Gasteiger partial charge on any atom is -0.309 e. The van der Waals surface area contributed by atoms with E-state index >= 15 is 0 Å². The molecule has 0 saturated carbocycles. The maximum Gasteiger partial charge on any atom is 0.164 e. The molecule has 0 aliphatic carbocycles. The molecule has 0 atom stereocenters. The molecule has 0 radical (unpaired) electrons. The minimum absolute atomic E-state index is 0.113. The zero-order chi connectivity index (χ0) is 60.3. The highest BCUT2D eigenvalue weighted by molar-refractivity contribution is 6.15. The van der Waals surface area contributed by atoms with Gasteiger partial charge in [0.25, 0.3) is 0 Å². The summed E-state index contributed by atoms with van der Waals surface area (Å²) in [5.74, 6) is 1.72. The van der Waals surface area contributed by atoms with Crippen LogP contribution in [-0.4, -0.2) is 24.1 Å². The van der Waals surface area contributed by atoms with Gasteiger partial charge in [-0.1, -0.05) is 269 Å². The number of hydrogen-bond donors (Lipinski definition) is 0. The summed E-state index contributed by atoms with van der Waals surface area (Å²) in [7, 11) is 0. The van der Waals surface area contributed by atoms with E-state index in [1.807, 2.05) is 0 Å². The Labute approximate surface area is 524 Å². The normalized spacial score (nSPS) is 11.7. The fraction of sp³-hybridized carbons (Fsp3) is 0.0471. The second-order valence-electron chi connectivity index (χ2n) is 24.4. The van der Waals surface area contributed by atoms with Gasteiger partial charge in [-0.25, -0.2) is 15.0 Å². The van der Waals surface area contributed by atoms with Crippen molar-refractivity contribution in [3.8, 4) is 112 Å². The van der Waals surface area contributed by atoms with Crippen molar-refractivity contribution >= 4 is 43.6 Å². The van der Waals surface area contributed by atoms with E-state index in [9.17, 15) is 0 Å². The molecule has 0 aliphatic rings. The highest BCUT2D eigenvalue weighted by Gasteiger charge is 2.27. The van der Waals surface area contributed by atoms with Gasteiger partial charge in [0.1, 0.15) is 0 Å². The Morgan fingerprint density at radius 1 is 0.233 bits per heavy atom. The van der Waals surface area contributed by atoms with Gasteiger partial charge in [0, 0.05) is 54.9 Å². The van der Waals surface area contributed by atoms with Crippen LogP contribution in [0.15, 0.2) is 315 Å². The predicted octanol–water partition coefficient (Wildman–Crippen LogP) is 22.4. The molecule has 5 heteroatoms. The number of benzene rings is 13. The van der Waals surface area contributed by atoms with Crippen LogP contribution >= 0.6 is 0 Å². The zero-order valence-corrected chi connectivity index (χ0v) is 50.3. The van der Waals surface area contributed by atoms with Crippen LogP contribution in [0, 0.1) is 0 Å². The van der Waals surface area contributed by atoms with Gasteiger partial charge < -0.3 is 9.13 Å². The first-order valence-electron chi connectivity index (χ1n) is 30.9. The van der Waals surface area contributed by atoms with E-state index in [-0.39, 0.29) is 5.41 Å². The van der Waals surface area contributed by atoms with E-state index in [2.05, 4.69) is 345 Å². The van der Waals surface area contributed by atoms with E-state index in [0.717, 1.165) is 117 Å². The number of fused-ring (bicyclic) bond motifs is 6. The molecule has 0 amide bonds. The van der Waals surface area contributed by atoms with Crippen molar-refractivity contribution in [1.29, 1.82) is 0 Å². The molecule has 3 aromatic heterocycles. The first-order chi connectivity index (χ1) is 44.3. The summed E-state index contributed by atoms with van der Waals surface area (Å²) >= 11 is 0. The van der Waals surface area contributed by atoms with E-state index in [4.69, 9.17) is 15.0 Å². The molecule has 0 spiro atoms. The second kappa shape index (κ2) is 22.3. The number of rotatable bonds is 11. The van der Waals surface area contributed by atoms with Crippen LogP contribution in [-0.2, 0) is 5.41 Å². The molecule has 426 valence electrons. The van der Waals surface area contributed by atoms with Gasteiger partial charge in [0.05, 0.1) is 33.4 Å². The van der Waals surface area contributed by atoms with Crippen LogP contribution in [0.2, 0.25) is 0 Å². The zero-order valence-electron chi connectivity index (χ0n) is 50.3. The van der Waals surface area contributed by atoms with Gasteiger partial charge in [-0.05, 0) is 128 Å². The van der Waals surface area contributed by atoms with Crippen molar-refractivity contribution in [2.75, 3.05) is 0 Å². The third-order valence-electron chi connectivity index (χ3n) is 17.7. The molecule has 90 heavy (non-hydrogen) atoms. The average Bonchev–Trinajstić information content (AvgIpc) is 1.56. The fourth-order valence-corrected chi connectivity index (χ4v) is 13.2. The van der Waals surface area contributed by atoms with Gasteiger partial charge >= 0.3 is 0 Å². The molecule has 16 aromatic rings. The molecule has 16 rings (SSSR count). The summed E-state index contributed by atoms with van der Waals surface area (Å²) in [5.41, 5.74) is 23.5. The molecular weight excluding hydrogens is 1090 g/mol. The standard InChI is InChI=1S/C85H61N5/c1-85(2,3)68-46-47-78-74(53-68)75-54-71(60-32-16-7-17-33-60)79(89-76-40-24-22-38-69(76)70-39-23-25-41-77(70)89)55-80(75)90(78)81-72(61-34-18-8-19-35-61)51-67(52-73(81)62-36-20-9-21-37-62)84-87-82(63-44-42-59(43-45-63)56-26-10-4-11-27-56)86-83(88-84)66-49-64(57-28-12-5-13-29-57)48-65(50-66)58-30-14-6-15-31-58/h4-55H,1-3H3. The Balaban J connectivity index is 1.01. The van der Waals surface area contributed by atoms with Crippen molar-refractivity contribution in [3.63, 3.8) is 0 Å².